The van der Waals surface area contributed by atoms with Crippen molar-refractivity contribution < 1.29 is 4.79 Å². The summed E-state index contributed by atoms with van der Waals surface area (Å²) >= 11 is 6.54. The van der Waals surface area contributed by atoms with Crippen LogP contribution in [0.2, 0.25) is 5.15 Å². The number of aromatic nitrogens is 4. The fourth-order valence-electron chi connectivity index (χ4n) is 3.70. The van der Waals surface area contributed by atoms with Gasteiger partial charge >= 0.3 is 0 Å². The molecule has 0 spiro atoms. The van der Waals surface area contributed by atoms with Gasteiger partial charge < -0.3 is 10.3 Å². The van der Waals surface area contributed by atoms with Gasteiger partial charge in [-0.1, -0.05) is 66.2 Å². The quantitative estimate of drug-likeness (QED) is 0.368. The number of hydrogen-bond acceptors (Lipinski definition) is 3. The first-order chi connectivity index (χ1) is 15.6. The molecule has 0 unspecified atom stereocenters. The van der Waals surface area contributed by atoms with Crippen LogP contribution in [0.5, 0.6) is 0 Å². The van der Waals surface area contributed by atoms with E-state index < -0.39 is 0 Å². The van der Waals surface area contributed by atoms with Crippen LogP contribution >= 0.6 is 11.6 Å². The summed E-state index contributed by atoms with van der Waals surface area (Å²) in [7, 11) is 0. The number of hydrogen-bond donors (Lipinski definition) is 2. The summed E-state index contributed by atoms with van der Waals surface area (Å²) in [6.07, 6.45) is 0. The molecule has 0 saturated heterocycles. The molecule has 3 aromatic carbocycles. The van der Waals surface area contributed by atoms with Gasteiger partial charge in [0.05, 0.1) is 28.8 Å². The van der Waals surface area contributed by atoms with Gasteiger partial charge in [0, 0.05) is 11.3 Å². The zero-order chi connectivity index (χ0) is 22.1. The van der Waals surface area contributed by atoms with Gasteiger partial charge in [-0.05, 0) is 36.8 Å². The van der Waals surface area contributed by atoms with Crippen molar-refractivity contribution in [1.82, 2.24) is 19.7 Å². The Balaban J connectivity index is 1.39. The molecular weight excluding hydrogens is 422 g/mol. The zero-order valence-electron chi connectivity index (χ0n) is 17.3. The summed E-state index contributed by atoms with van der Waals surface area (Å²) in [6, 6.07) is 25.3. The second-order valence-corrected chi connectivity index (χ2v) is 7.89. The molecule has 6 nitrogen and oxygen atoms in total. The summed E-state index contributed by atoms with van der Waals surface area (Å²) in [6.45, 7) is 2.28. The first kappa shape index (κ1) is 20.0. The number of carbonyl (C=O) groups excluding carboxylic acids is 1. The Kier molecular flexibility index (Phi) is 5.21. The molecule has 0 aliphatic carbocycles. The predicted molar refractivity (Wildman–Crippen MR) is 127 cm³/mol. The summed E-state index contributed by atoms with van der Waals surface area (Å²) in [5.74, 6) is 0.445. The highest BCUT2D eigenvalue weighted by Crippen LogP contribution is 2.25. The van der Waals surface area contributed by atoms with Crippen LogP contribution in [0.15, 0.2) is 78.9 Å². The first-order valence-electron chi connectivity index (χ1n) is 10.2. The number of amides is 1. The second-order valence-electron chi connectivity index (χ2n) is 7.53. The standard InChI is InChI=1S/C25H20ClN5O/c1-16-22(23(26)31(30-16)15-17-8-3-2-4-9-17)25(32)27-19-11-7-10-18(14-19)24-28-20-12-5-6-13-21(20)29-24/h2-14H,15H2,1H3,(H,27,32)(H,28,29). The average molecular weight is 442 g/mol. The maximum Gasteiger partial charge on any atom is 0.260 e. The largest absolute Gasteiger partial charge is 0.338 e. The number of para-hydroxylation sites is 2. The van der Waals surface area contributed by atoms with Crippen molar-refractivity contribution in [1.29, 1.82) is 0 Å². The molecule has 32 heavy (non-hydrogen) atoms. The van der Waals surface area contributed by atoms with E-state index in [1.807, 2.05) is 78.9 Å². The molecule has 2 heterocycles. The number of halogens is 1. The van der Waals surface area contributed by atoms with Crippen molar-refractivity contribution in [3.8, 4) is 11.4 Å². The molecule has 0 radical (unpaired) electrons. The van der Waals surface area contributed by atoms with E-state index >= 15 is 0 Å². The second kappa shape index (κ2) is 8.32. The van der Waals surface area contributed by atoms with Crippen LogP contribution < -0.4 is 5.32 Å². The molecule has 0 aliphatic heterocycles. The third-order valence-electron chi connectivity index (χ3n) is 5.25. The molecule has 0 fully saturated rings. The van der Waals surface area contributed by atoms with Crippen LogP contribution in [0, 0.1) is 6.92 Å². The Labute approximate surface area is 189 Å². The molecule has 158 valence electrons. The number of H-pyrrole nitrogens is 1. The molecule has 0 atom stereocenters. The van der Waals surface area contributed by atoms with Crippen molar-refractivity contribution in [2.24, 2.45) is 0 Å². The van der Waals surface area contributed by atoms with Gasteiger partial charge in [-0.15, -0.1) is 0 Å². The van der Waals surface area contributed by atoms with E-state index in [4.69, 9.17) is 11.6 Å². The Morgan fingerprint density at radius 2 is 1.81 bits per heavy atom. The lowest BCUT2D eigenvalue weighted by atomic mass is 10.1. The van der Waals surface area contributed by atoms with Gasteiger partial charge in [0.15, 0.2) is 0 Å². The van der Waals surface area contributed by atoms with Crippen molar-refractivity contribution in [2.45, 2.75) is 13.5 Å². The minimum absolute atomic E-state index is 0.298. The van der Waals surface area contributed by atoms with Crippen LogP contribution in [0.25, 0.3) is 22.4 Å². The van der Waals surface area contributed by atoms with Gasteiger partial charge in [0.1, 0.15) is 11.0 Å². The van der Waals surface area contributed by atoms with Gasteiger partial charge in [-0.3, -0.25) is 4.79 Å². The number of nitrogens with zero attached hydrogens (tertiary/aromatic N) is 3. The number of anilines is 1. The molecule has 5 rings (SSSR count). The van der Waals surface area contributed by atoms with Gasteiger partial charge in [-0.2, -0.15) is 5.10 Å². The molecule has 0 bridgehead atoms. The van der Waals surface area contributed by atoms with Gasteiger partial charge in [-0.25, -0.2) is 9.67 Å². The van der Waals surface area contributed by atoms with Gasteiger partial charge in [0.25, 0.3) is 5.91 Å². The number of benzene rings is 3. The Morgan fingerprint density at radius 3 is 2.62 bits per heavy atom. The number of aryl methyl sites for hydroxylation is 1. The van der Waals surface area contributed by atoms with E-state index in [0.717, 1.165) is 28.0 Å². The summed E-state index contributed by atoms with van der Waals surface area (Å²) in [5, 5.41) is 7.73. The number of aromatic amines is 1. The number of imidazole rings is 1. The molecule has 2 aromatic heterocycles. The van der Waals surface area contributed by atoms with Crippen molar-refractivity contribution in [3.05, 3.63) is 101 Å². The minimum atomic E-state index is -0.298. The molecule has 0 aliphatic rings. The molecule has 1 amide bonds. The van der Waals surface area contributed by atoms with Crippen LogP contribution in [0.1, 0.15) is 21.6 Å². The Hall–Kier alpha value is -3.90. The van der Waals surface area contributed by atoms with Crippen LogP contribution in [-0.2, 0) is 6.54 Å². The van der Waals surface area contributed by atoms with Crippen LogP contribution in [-0.4, -0.2) is 25.7 Å². The summed E-state index contributed by atoms with van der Waals surface area (Å²) in [4.78, 5) is 21.0. The number of carbonyl (C=O) groups is 1. The monoisotopic (exact) mass is 441 g/mol. The topological polar surface area (TPSA) is 75.6 Å². The molecule has 0 saturated carbocycles. The molecule has 7 heteroatoms. The maximum absolute atomic E-state index is 13.0. The first-order valence-corrected chi connectivity index (χ1v) is 10.6. The van der Waals surface area contributed by atoms with E-state index in [9.17, 15) is 4.79 Å². The molecular formula is C25H20ClN5O. The van der Waals surface area contributed by atoms with E-state index in [-0.39, 0.29) is 5.91 Å². The van der Waals surface area contributed by atoms with Crippen LogP contribution in [0.3, 0.4) is 0 Å². The highest BCUT2D eigenvalue weighted by atomic mass is 35.5. The molecule has 2 N–H and O–H groups in total. The Morgan fingerprint density at radius 1 is 1.03 bits per heavy atom. The SMILES string of the molecule is Cc1nn(Cc2ccccc2)c(Cl)c1C(=O)Nc1cccc(-c2nc3ccccc3[nH]2)c1. The lowest BCUT2D eigenvalue weighted by Gasteiger charge is -2.07. The fourth-order valence-corrected chi connectivity index (χ4v) is 4.02. The number of fused-ring (bicyclic) bond motifs is 1. The lowest BCUT2D eigenvalue weighted by Crippen LogP contribution is -2.13. The fraction of sp³-hybridized carbons (Fsp3) is 0.0800. The lowest BCUT2D eigenvalue weighted by molar-refractivity contribution is 0.102. The highest BCUT2D eigenvalue weighted by molar-refractivity contribution is 6.33. The van der Waals surface area contributed by atoms with Crippen LogP contribution in [0.4, 0.5) is 5.69 Å². The molecule has 5 aromatic rings. The smallest absolute Gasteiger partial charge is 0.260 e. The third kappa shape index (κ3) is 3.88. The van der Waals surface area contributed by atoms with Gasteiger partial charge in [0.2, 0.25) is 0 Å². The maximum atomic E-state index is 13.0. The Bertz CT molecular complexity index is 1390. The average Bonchev–Trinajstić information content (AvgIpc) is 3.35. The zero-order valence-corrected chi connectivity index (χ0v) is 18.1. The number of nitrogens with one attached hydrogen (secondary N) is 2. The van der Waals surface area contributed by atoms with E-state index in [0.29, 0.717) is 28.6 Å². The summed E-state index contributed by atoms with van der Waals surface area (Å²) in [5.41, 5.74) is 5.40. The van der Waals surface area contributed by atoms with E-state index in [1.165, 1.54) is 0 Å². The highest BCUT2D eigenvalue weighted by Gasteiger charge is 2.21. The normalized spacial score (nSPS) is 11.1. The van der Waals surface area contributed by atoms with Crippen molar-refractivity contribution >= 4 is 34.2 Å². The van der Waals surface area contributed by atoms with Crippen molar-refractivity contribution in [3.63, 3.8) is 0 Å². The predicted octanol–water partition coefficient (Wildman–Crippen LogP) is 5.69. The van der Waals surface area contributed by atoms with E-state index in [1.54, 1.807) is 11.6 Å². The van der Waals surface area contributed by atoms with E-state index in [2.05, 4.69) is 20.4 Å². The number of rotatable bonds is 5. The third-order valence-corrected chi connectivity index (χ3v) is 5.64. The van der Waals surface area contributed by atoms with Crippen molar-refractivity contribution in [2.75, 3.05) is 5.32 Å². The minimum Gasteiger partial charge on any atom is -0.338 e. The summed E-state index contributed by atoms with van der Waals surface area (Å²) < 4.78 is 1.64.